The summed E-state index contributed by atoms with van der Waals surface area (Å²) in [6.07, 6.45) is 6.77. The molecule has 0 atom stereocenters. The van der Waals surface area contributed by atoms with Crippen LogP contribution in [-0.4, -0.2) is 56.6 Å². The average molecular weight is 496 g/mol. The van der Waals surface area contributed by atoms with Crippen LogP contribution in [-0.2, 0) is 21.4 Å². The monoisotopic (exact) mass is 495 g/mol. The van der Waals surface area contributed by atoms with Crippen LogP contribution in [0.5, 0.6) is 0 Å². The van der Waals surface area contributed by atoms with Crippen LogP contribution in [0.2, 0.25) is 10.0 Å². The highest BCUT2D eigenvalue weighted by Crippen LogP contribution is 2.23. The number of nitrogens with zero attached hydrogens (tertiary/aromatic N) is 2. The molecule has 32 heavy (non-hydrogen) atoms. The van der Waals surface area contributed by atoms with Gasteiger partial charge in [0.2, 0.25) is 15.9 Å². The number of hydrogen-bond donors (Lipinski definition) is 1. The van der Waals surface area contributed by atoms with E-state index in [4.69, 9.17) is 23.2 Å². The molecular weight excluding hydrogens is 469 g/mol. The molecule has 1 aliphatic rings. The Balaban J connectivity index is 1.69. The summed E-state index contributed by atoms with van der Waals surface area (Å²) in [4.78, 5) is 17.2. The maximum atomic E-state index is 13.0. The Bertz CT molecular complexity index is 1070. The number of hydrogen-bond acceptors (Lipinski definition) is 4. The first kappa shape index (κ1) is 24.6. The van der Waals surface area contributed by atoms with Gasteiger partial charge in [-0.15, -0.1) is 0 Å². The summed E-state index contributed by atoms with van der Waals surface area (Å²) in [5.74, 6) is -0.103. The normalized spacial score (nSPS) is 14.7. The number of nitrogens with one attached hydrogen (secondary N) is 1. The highest BCUT2D eigenvalue weighted by Gasteiger charge is 2.16. The fourth-order valence-corrected chi connectivity index (χ4v) is 4.43. The minimum absolute atomic E-state index is 0.103. The maximum Gasteiger partial charge on any atom is 0.246 e. The summed E-state index contributed by atoms with van der Waals surface area (Å²) in [5, 5.41) is 0.952. The van der Waals surface area contributed by atoms with Crippen molar-refractivity contribution in [1.82, 2.24) is 9.80 Å². The molecule has 2 aromatic rings. The van der Waals surface area contributed by atoms with Gasteiger partial charge < -0.3 is 9.80 Å². The van der Waals surface area contributed by atoms with Crippen molar-refractivity contribution in [2.75, 3.05) is 37.2 Å². The highest BCUT2D eigenvalue weighted by molar-refractivity contribution is 7.92. The fraction of sp³-hybridized carbons (Fsp3) is 0.348. The van der Waals surface area contributed by atoms with E-state index in [2.05, 4.69) is 9.62 Å². The number of benzene rings is 2. The third-order valence-electron chi connectivity index (χ3n) is 5.19. The second-order valence-corrected chi connectivity index (χ2v) is 10.4. The molecule has 1 N–H and O–H groups in total. The van der Waals surface area contributed by atoms with Crippen molar-refractivity contribution in [1.29, 1.82) is 0 Å². The van der Waals surface area contributed by atoms with E-state index < -0.39 is 10.0 Å². The Morgan fingerprint density at radius 3 is 2.41 bits per heavy atom. The van der Waals surface area contributed by atoms with Gasteiger partial charge in [0.1, 0.15) is 0 Å². The minimum Gasteiger partial charge on any atom is -0.334 e. The van der Waals surface area contributed by atoms with Gasteiger partial charge in [-0.3, -0.25) is 9.52 Å². The van der Waals surface area contributed by atoms with Crippen LogP contribution in [0.25, 0.3) is 6.08 Å². The summed E-state index contributed by atoms with van der Waals surface area (Å²) in [5.41, 5.74) is 2.19. The molecule has 0 saturated carbocycles. The van der Waals surface area contributed by atoms with Crippen molar-refractivity contribution in [2.45, 2.75) is 19.4 Å². The van der Waals surface area contributed by atoms with Gasteiger partial charge in [0, 0.05) is 31.4 Å². The van der Waals surface area contributed by atoms with Gasteiger partial charge in [0.15, 0.2) is 0 Å². The predicted molar refractivity (Wildman–Crippen MR) is 131 cm³/mol. The number of likely N-dealkylation sites (tertiary alicyclic amines) is 1. The minimum atomic E-state index is -3.33. The van der Waals surface area contributed by atoms with Crippen molar-refractivity contribution >= 4 is 50.9 Å². The number of carbonyl (C=O) groups is 1. The number of anilines is 1. The molecule has 1 heterocycles. The van der Waals surface area contributed by atoms with Gasteiger partial charge in [0.25, 0.3) is 0 Å². The SMILES string of the molecule is CS(=O)(=O)Nc1ccc(/C=C/C(=O)N(CCN2CCCC2)Cc2ccc(Cl)c(Cl)c2)cc1. The summed E-state index contributed by atoms with van der Waals surface area (Å²) >= 11 is 12.2. The van der Waals surface area contributed by atoms with Gasteiger partial charge in [0.05, 0.1) is 16.3 Å². The molecule has 0 aromatic heterocycles. The third-order valence-corrected chi connectivity index (χ3v) is 6.53. The second kappa shape index (κ2) is 11.2. The zero-order chi connectivity index (χ0) is 23.1. The molecule has 0 bridgehead atoms. The van der Waals surface area contributed by atoms with Crippen molar-refractivity contribution in [3.8, 4) is 0 Å². The van der Waals surface area contributed by atoms with Gasteiger partial charge in [-0.05, 0) is 67.4 Å². The number of halogens is 2. The van der Waals surface area contributed by atoms with E-state index >= 15 is 0 Å². The highest BCUT2D eigenvalue weighted by atomic mass is 35.5. The molecule has 1 fully saturated rings. The number of sulfonamides is 1. The molecular formula is C23H27Cl2N3O3S. The van der Waals surface area contributed by atoms with Crippen LogP contribution in [0.4, 0.5) is 5.69 Å². The maximum absolute atomic E-state index is 13.0. The summed E-state index contributed by atoms with van der Waals surface area (Å²) in [7, 11) is -3.33. The lowest BCUT2D eigenvalue weighted by molar-refractivity contribution is -0.126. The summed E-state index contributed by atoms with van der Waals surface area (Å²) in [6, 6.07) is 12.2. The lowest BCUT2D eigenvalue weighted by Crippen LogP contribution is -2.36. The lowest BCUT2D eigenvalue weighted by atomic mass is 10.2. The zero-order valence-electron chi connectivity index (χ0n) is 17.9. The molecule has 0 unspecified atom stereocenters. The van der Waals surface area contributed by atoms with Crippen molar-refractivity contribution < 1.29 is 13.2 Å². The Morgan fingerprint density at radius 2 is 1.78 bits per heavy atom. The number of amides is 1. The van der Waals surface area contributed by atoms with Crippen LogP contribution < -0.4 is 4.72 Å². The van der Waals surface area contributed by atoms with Gasteiger partial charge >= 0.3 is 0 Å². The van der Waals surface area contributed by atoms with Crippen LogP contribution in [0.15, 0.2) is 48.5 Å². The fourth-order valence-electron chi connectivity index (χ4n) is 3.54. The summed E-state index contributed by atoms with van der Waals surface area (Å²) in [6.45, 7) is 4.01. The first-order valence-corrected chi connectivity index (χ1v) is 13.1. The Morgan fingerprint density at radius 1 is 1.09 bits per heavy atom. The van der Waals surface area contributed by atoms with E-state index in [1.807, 2.05) is 6.07 Å². The van der Waals surface area contributed by atoms with E-state index in [9.17, 15) is 13.2 Å². The van der Waals surface area contributed by atoms with Crippen molar-refractivity contribution in [3.63, 3.8) is 0 Å². The molecule has 3 rings (SSSR count). The molecule has 172 valence electrons. The molecule has 1 aliphatic heterocycles. The number of carbonyl (C=O) groups excluding carboxylic acids is 1. The van der Waals surface area contributed by atoms with Crippen LogP contribution in [0.3, 0.4) is 0 Å². The van der Waals surface area contributed by atoms with E-state index in [1.165, 1.54) is 12.8 Å². The topological polar surface area (TPSA) is 69.7 Å². The van der Waals surface area contributed by atoms with Crippen molar-refractivity contribution in [3.05, 3.63) is 69.7 Å². The van der Waals surface area contributed by atoms with Crippen molar-refractivity contribution in [2.24, 2.45) is 0 Å². The molecule has 2 aromatic carbocycles. The molecule has 0 aliphatic carbocycles. The zero-order valence-corrected chi connectivity index (χ0v) is 20.3. The van der Waals surface area contributed by atoms with E-state index in [1.54, 1.807) is 53.5 Å². The second-order valence-electron chi connectivity index (χ2n) is 7.89. The van der Waals surface area contributed by atoms with Gasteiger partial charge in [-0.1, -0.05) is 41.4 Å². The first-order valence-electron chi connectivity index (χ1n) is 10.4. The smallest absolute Gasteiger partial charge is 0.246 e. The molecule has 0 spiro atoms. The summed E-state index contributed by atoms with van der Waals surface area (Å²) < 4.78 is 25.1. The molecule has 9 heteroatoms. The van der Waals surface area contributed by atoms with E-state index in [0.717, 1.165) is 37.0 Å². The molecule has 1 saturated heterocycles. The predicted octanol–water partition coefficient (Wildman–Crippen LogP) is 4.50. The lowest BCUT2D eigenvalue weighted by Gasteiger charge is -2.25. The van der Waals surface area contributed by atoms with E-state index in [0.29, 0.717) is 28.8 Å². The van der Waals surface area contributed by atoms with Crippen LogP contribution in [0, 0.1) is 0 Å². The van der Waals surface area contributed by atoms with Gasteiger partial charge in [-0.2, -0.15) is 0 Å². The number of rotatable bonds is 9. The van der Waals surface area contributed by atoms with Crippen LogP contribution in [0.1, 0.15) is 24.0 Å². The molecule has 0 radical (unpaired) electrons. The largest absolute Gasteiger partial charge is 0.334 e. The Hall–Kier alpha value is -2.06. The Kier molecular flexibility index (Phi) is 8.59. The van der Waals surface area contributed by atoms with Crippen LogP contribution >= 0.6 is 23.2 Å². The Labute approximate surface area is 199 Å². The average Bonchev–Trinajstić information content (AvgIpc) is 3.25. The standard InChI is InChI=1S/C23H27Cl2N3O3S/c1-32(30,31)26-20-8-4-18(5-9-20)7-11-23(29)28(15-14-27-12-2-3-13-27)17-19-6-10-21(24)22(25)16-19/h4-11,16,26H,2-3,12-15,17H2,1H3/b11-7+. The first-order chi connectivity index (χ1) is 15.2. The molecule has 6 nitrogen and oxygen atoms in total. The van der Waals surface area contributed by atoms with E-state index in [-0.39, 0.29) is 5.91 Å². The van der Waals surface area contributed by atoms with Gasteiger partial charge in [-0.25, -0.2) is 8.42 Å². The third kappa shape index (κ3) is 7.81. The quantitative estimate of drug-likeness (QED) is 0.519. The molecule has 1 amide bonds.